The van der Waals surface area contributed by atoms with Gasteiger partial charge in [0.25, 0.3) is 0 Å². The fourth-order valence-electron chi connectivity index (χ4n) is 2.01. The molecule has 3 heteroatoms. The maximum Gasteiger partial charge on any atom is 0.0712 e. The number of aromatic amines is 1. The van der Waals surface area contributed by atoms with Crippen molar-refractivity contribution in [2.24, 2.45) is 5.92 Å². The van der Waals surface area contributed by atoms with Crippen molar-refractivity contribution < 1.29 is 0 Å². The summed E-state index contributed by atoms with van der Waals surface area (Å²) in [5.41, 5.74) is 2.27. The molecule has 0 radical (unpaired) electrons. The summed E-state index contributed by atoms with van der Waals surface area (Å²) in [5, 5.41) is 5.32. The molecule has 2 nitrogen and oxygen atoms in total. The van der Waals surface area contributed by atoms with Gasteiger partial charge in [-0.1, -0.05) is 37.4 Å². The molecule has 0 fully saturated rings. The molecule has 2 rings (SSSR count). The summed E-state index contributed by atoms with van der Waals surface area (Å²) in [6, 6.07) is 5.97. The second-order valence-electron chi connectivity index (χ2n) is 4.77. The maximum absolute atomic E-state index is 5.96. The molecule has 0 saturated carbocycles. The molecular weight excluding hydrogens is 244 g/mol. The van der Waals surface area contributed by atoms with Crippen molar-refractivity contribution in [3.63, 3.8) is 0 Å². The summed E-state index contributed by atoms with van der Waals surface area (Å²) in [5.74, 6) is 3.20. The van der Waals surface area contributed by atoms with Crippen LogP contribution in [-0.4, -0.2) is 11.0 Å². The lowest BCUT2D eigenvalue weighted by atomic mass is 10.0. The molecule has 1 atom stereocenters. The van der Waals surface area contributed by atoms with Gasteiger partial charge in [0, 0.05) is 28.7 Å². The van der Waals surface area contributed by atoms with Gasteiger partial charge < -0.3 is 4.98 Å². The van der Waals surface area contributed by atoms with Crippen LogP contribution < -0.4 is 5.32 Å². The topological polar surface area (TPSA) is 27.8 Å². The van der Waals surface area contributed by atoms with Crippen LogP contribution in [0.5, 0.6) is 0 Å². The smallest absolute Gasteiger partial charge is 0.0712 e. The minimum Gasteiger partial charge on any atom is -0.361 e. The van der Waals surface area contributed by atoms with Gasteiger partial charge >= 0.3 is 0 Å². The Bertz CT molecular complexity index is 578. The number of rotatable bonds is 4. The first-order chi connectivity index (χ1) is 8.61. The molecule has 0 aliphatic heterocycles. The SMILES string of the molecule is C#CC(NCc1c[nH]c2cc(Cl)ccc12)C(C)C. The van der Waals surface area contributed by atoms with Crippen molar-refractivity contribution in [1.29, 1.82) is 0 Å². The summed E-state index contributed by atoms with van der Waals surface area (Å²) in [4.78, 5) is 3.22. The zero-order chi connectivity index (χ0) is 13.1. The van der Waals surface area contributed by atoms with Gasteiger partial charge in [0.2, 0.25) is 0 Å². The molecule has 1 unspecified atom stereocenters. The third kappa shape index (κ3) is 2.69. The Morgan fingerprint density at radius 3 is 2.89 bits per heavy atom. The van der Waals surface area contributed by atoms with Gasteiger partial charge in [-0.15, -0.1) is 6.42 Å². The highest BCUT2D eigenvalue weighted by Crippen LogP contribution is 2.22. The lowest BCUT2D eigenvalue weighted by Gasteiger charge is -2.16. The average Bonchev–Trinajstić information content (AvgIpc) is 2.72. The van der Waals surface area contributed by atoms with E-state index in [0.717, 1.165) is 17.1 Å². The number of nitrogens with one attached hydrogen (secondary N) is 2. The molecule has 1 aromatic carbocycles. The third-order valence-corrected chi connectivity index (χ3v) is 3.32. The minimum absolute atomic E-state index is 0.0993. The second-order valence-corrected chi connectivity index (χ2v) is 5.21. The van der Waals surface area contributed by atoms with Gasteiger partial charge in [0.1, 0.15) is 0 Å². The number of hydrogen-bond acceptors (Lipinski definition) is 1. The van der Waals surface area contributed by atoms with E-state index < -0.39 is 0 Å². The molecule has 0 bridgehead atoms. The highest BCUT2D eigenvalue weighted by molar-refractivity contribution is 6.31. The minimum atomic E-state index is 0.0993. The lowest BCUT2D eigenvalue weighted by Crippen LogP contribution is -2.31. The Morgan fingerprint density at radius 2 is 2.22 bits per heavy atom. The van der Waals surface area contributed by atoms with E-state index in [9.17, 15) is 0 Å². The van der Waals surface area contributed by atoms with E-state index in [1.807, 2.05) is 24.4 Å². The van der Waals surface area contributed by atoms with Gasteiger partial charge in [0.15, 0.2) is 0 Å². The van der Waals surface area contributed by atoms with E-state index in [2.05, 4.69) is 30.1 Å². The Balaban J connectivity index is 2.15. The van der Waals surface area contributed by atoms with Gasteiger partial charge in [-0.25, -0.2) is 0 Å². The van der Waals surface area contributed by atoms with Crippen molar-refractivity contribution >= 4 is 22.5 Å². The van der Waals surface area contributed by atoms with E-state index in [0.29, 0.717) is 5.92 Å². The van der Waals surface area contributed by atoms with Crippen LogP contribution in [0.4, 0.5) is 0 Å². The van der Waals surface area contributed by atoms with Crippen LogP contribution in [0.3, 0.4) is 0 Å². The Labute approximate surface area is 113 Å². The molecule has 2 aromatic rings. The maximum atomic E-state index is 5.96. The second kappa shape index (κ2) is 5.48. The standard InChI is InChI=1S/C15H17ClN2/c1-4-14(10(2)3)17-8-11-9-18-15-7-12(16)5-6-13(11)15/h1,5-7,9-10,14,17-18H,8H2,2-3H3. The normalized spacial score (nSPS) is 12.8. The van der Waals surface area contributed by atoms with E-state index in [-0.39, 0.29) is 6.04 Å². The fraction of sp³-hybridized carbons (Fsp3) is 0.333. The van der Waals surface area contributed by atoms with Crippen LogP contribution in [0.1, 0.15) is 19.4 Å². The van der Waals surface area contributed by atoms with Gasteiger partial charge in [0.05, 0.1) is 6.04 Å². The molecular formula is C15H17ClN2. The Hall–Kier alpha value is -1.43. The summed E-state index contributed by atoms with van der Waals surface area (Å²) in [6.45, 7) is 4.99. The monoisotopic (exact) mass is 260 g/mol. The van der Waals surface area contributed by atoms with Crippen molar-refractivity contribution in [3.05, 3.63) is 35.0 Å². The van der Waals surface area contributed by atoms with Crippen LogP contribution in [0.15, 0.2) is 24.4 Å². The van der Waals surface area contributed by atoms with Crippen LogP contribution >= 0.6 is 11.6 Å². The summed E-state index contributed by atoms with van der Waals surface area (Å²) >= 11 is 5.96. The molecule has 18 heavy (non-hydrogen) atoms. The zero-order valence-corrected chi connectivity index (χ0v) is 11.4. The first-order valence-corrected chi connectivity index (χ1v) is 6.44. The molecule has 2 N–H and O–H groups in total. The van der Waals surface area contributed by atoms with E-state index >= 15 is 0 Å². The molecule has 0 spiro atoms. The molecule has 0 amide bonds. The summed E-state index contributed by atoms with van der Waals surface area (Å²) < 4.78 is 0. The van der Waals surface area contributed by atoms with Crippen LogP contribution in [-0.2, 0) is 6.54 Å². The van der Waals surface area contributed by atoms with Crippen molar-refractivity contribution in [2.75, 3.05) is 0 Å². The molecule has 1 heterocycles. The summed E-state index contributed by atoms with van der Waals surface area (Å²) in [6.07, 6.45) is 7.51. The molecule has 1 aromatic heterocycles. The van der Waals surface area contributed by atoms with Crippen molar-refractivity contribution in [2.45, 2.75) is 26.4 Å². The van der Waals surface area contributed by atoms with Gasteiger partial charge in [-0.05, 0) is 23.6 Å². The van der Waals surface area contributed by atoms with Crippen LogP contribution in [0.2, 0.25) is 5.02 Å². The fourth-order valence-corrected chi connectivity index (χ4v) is 2.18. The Morgan fingerprint density at radius 1 is 1.44 bits per heavy atom. The van der Waals surface area contributed by atoms with Crippen LogP contribution in [0.25, 0.3) is 10.9 Å². The first kappa shape index (κ1) is 13.0. The number of H-pyrrole nitrogens is 1. The van der Waals surface area contributed by atoms with Gasteiger partial charge in [-0.2, -0.15) is 0 Å². The first-order valence-electron chi connectivity index (χ1n) is 6.07. The molecule has 0 saturated heterocycles. The largest absolute Gasteiger partial charge is 0.361 e. The molecule has 94 valence electrons. The predicted molar refractivity (Wildman–Crippen MR) is 77.6 cm³/mol. The van der Waals surface area contributed by atoms with Crippen LogP contribution in [0, 0.1) is 18.3 Å². The van der Waals surface area contributed by atoms with E-state index in [4.69, 9.17) is 18.0 Å². The number of aromatic nitrogens is 1. The Kier molecular flexibility index (Phi) is 3.96. The third-order valence-electron chi connectivity index (χ3n) is 3.09. The zero-order valence-electron chi connectivity index (χ0n) is 10.6. The summed E-state index contributed by atoms with van der Waals surface area (Å²) in [7, 11) is 0. The van der Waals surface area contributed by atoms with Crippen molar-refractivity contribution in [3.8, 4) is 12.3 Å². The number of benzene rings is 1. The highest BCUT2D eigenvalue weighted by atomic mass is 35.5. The van der Waals surface area contributed by atoms with Crippen molar-refractivity contribution in [1.82, 2.24) is 10.3 Å². The number of fused-ring (bicyclic) bond motifs is 1. The number of hydrogen-bond donors (Lipinski definition) is 2. The predicted octanol–water partition coefficient (Wildman–Crippen LogP) is 3.57. The number of terminal acetylenes is 1. The quantitative estimate of drug-likeness (QED) is 0.809. The highest BCUT2D eigenvalue weighted by Gasteiger charge is 2.10. The van der Waals surface area contributed by atoms with E-state index in [1.54, 1.807) is 0 Å². The lowest BCUT2D eigenvalue weighted by molar-refractivity contribution is 0.477. The molecule has 0 aliphatic carbocycles. The number of halogens is 1. The molecule has 0 aliphatic rings. The van der Waals surface area contributed by atoms with E-state index in [1.165, 1.54) is 10.9 Å². The van der Waals surface area contributed by atoms with Gasteiger partial charge in [-0.3, -0.25) is 5.32 Å². The average molecular weight is 261 g/mol.